The van der Waals surface area contributed by atoms with Crippen LogP contribution in [-0.2, 0) is 0 Å². The van der Waals surface area contributed by atoms with Crippen molar-refractivity contribution in [3.05, 3.63) is 66.4 Å². The van der Waals surface area contributed by atoms with E-state index in [1.165, 1.54) is 6.20 Å². The van der Waals surface area contributed by atoms with Crippen LogP contribution in [0.4, 0.5) is 11.5 Å². The summed E-state index contributed by atoms with van der Waals surface area (Å²) in [6.45, 7) is 0. The summed E-state index contributed by atoms with van der Waals surface area (Å²) in [6, 6.07) is 17.1. The molecule has 5 heteroatoms. The first-order valence-electron chi connectivity index (χ1n) is 6.49. The summed E-state index contributed by atoms with van der Waals surface area (Å²) in [6.07, 6.45) is 1.48. The van der Waals surface area contributed by atoms with Gasteiger partial charge in [-0.25, -0.2) is 10.8 Å². The molecule has 0 aliphatic carbocycles. The maximum absolute atomic E-state index is 12.1. The Bertz CT molecular complexity index is 784. The van der Waals surface area contributed by atoms with E-state index in [0.29, 0.717) is 11.4 Å². The van der Waals surface area contributed by atoms with Crippen molar-refractivity contribution in [1.82, 2.24) is 4.98 Å². The monoisotopic (exact) mass is 278 g/mol. The van der Waals surface area contributed by atoms with Gasteiger partial charge in [-0.15, -0.1) is 0 Å². The predicted molar refractivity (Wildman–Crippen MR) is 83.9 cm³/mol. The largest absolute Gasteiger partial charge is 0.322 e. The number of amides is 1. The van der Waals surface area contributed by atoms with Crippen molar-refractivity contribution < 1.29 is 4.79 Å². The fourth-order valence-corrected chi connectivity index (χ4v) is 2.08. The maximum Gasteiger partial charge on any atom is 0.257 e. The summed E-state index contributed by atoms with van der Waals surface area (Å²) >= 11 is 0. The first kappa shape index (κ1) is 13.1. The second-order valence-corrected chi connectivity index (χ2v) is 4.59. The third-order valence-electron chi connectivity index (χ3n) is 3.18. The molecule has 104 valence electrons. The molecule has 0 radical (unpaired) electrons. The molecule has 5 nitrogen and oxygen atoms in total. The number of carbonyl (C=O) groups excluding carboxylic acids is 1. The number of nitrogens with one attached hydrogen (secondary N) is 2. The predicted octanol–water partition coefficient (Wildman–Crippen LogP) is 2.77. The zero-order valence-corrected chi connectivity index (χ0v) is 11.2. The molecule has 0 unspecified atom stereocenters. The zero-order valence-electron chi connectivity index (χ0n) is 11.2. The normalized spacial score (nSPS) is 10.3. The summed E-state index contributed by atoms with van der Waals surface area (Å²) in [5, 5.41) is 5.07. The van der Waals surface area contributed by atoms with E-state index >= 15 is 0 Å². The lowest BCUT2D eigenvalue weighted by Crippen LogP contribution is -2.13. The first-order valence-corrected chi connectivity index (χ1v) is 6.49. The number of nitrogens with two attached hydrogens (primary N) is 1. The quantitative estimate of drug-likeness (QED) is 0.508. The Kier molecular flexibility index (Phi) is 3.49. The lowest BCUT2D eigenvalue weighted by Gasteiger charge is -2.07. The number of fused-ring (bicyclic) bond motifs is 1. The first-order chi connectivity index (χ1) is 10.3. The summed E-state index contributed by atoms with van der Waals surface area (Å²) in [5.41, 5.74) is 3.64. The number of carbonyl (C=O) groups is 1. The Morgan fingerprint density at radius 1 is 1.00 bits per heavy atom. The lowest BCUT2D eigenvalue weighted by atomic mass is 10.1. The number of hydrazine groups is 1. The van der Waals surface area contributed by atoms with Gasteiger partial charge in [0.1, 0.15) is 5.82 Å². The molecule has 0 aliphatic heterocycles. The molecule has 0 saturated heterocycles. The van der Waals surface area contributed by atoms with Crippen molar-refractivity contribution in [2.24, 2.45) is 5.84 Å². The number of anilines is 2. The van der Waals surface area contributed by atoms with Crippen LogP contribution in [0.25, 0.3) is 10.8 Å². The van der Waals surface area contributed by atoms with Gasteiger partial charge >= 0.3 is 0 Å². The van der Waals surface area contributed by atoms with E-state index in [4.69, 9.17) is 5.84 Å². The smallest absolute Gasteiger partial charge is 0.257 e. The second kappa shape index (κ2) is 5.60. The molecule has 3 rings (SSSR count). The van der Waals surface area contributed by atoms with E-state index in [1.807, 2.05) is 42.5 Å². The molecular weight excluding hydrogens is 264 g/mol. The van der Waals surface area contributed by atoms with Gasteiger partial charge in [-0.3, -0.25) is 4.79 Å². The van der Waals surface area contributed by atoms with Crippen molar-refractivity contribution in [2.45, 2.75) is 0 Å². The van der Waals surface area contributed by atoms with E-state index in [-0.39, 0.29) is 5.91 Å². The number of benzene rings is 2. The molecule has 1 aromatic heterocycles. The molecule has 21 heavy (non-hydrogen) atoms. The Morgan fingerprint density at radius 2 is 1.81 bits per heavy atom. The average Bonchev–Trinajstić information content (AvgIpc) is 2.55. The van der Waals surface area contributed by atoms with Gasteiger partial charge in [-0.2, -0.15) is 0 Å². The van der Waals surface area contributed by atoms with Crippen LogP contribution in [0.2, 0.25) is 0 Å². The summed E-state index contributed by atoms with van der Waals surface area (Å²) in [7, 11) is 0. The van der Waals surface area contributed by atoms with Gasteiger partial charge in [-0.1, -0.05) is 30.3 Å². The Morgan fingerprint density at radius 3 is 2.52 bits per heavy atom. The van der Waals surface area contributed by atoms with E-state index in [1.54, 1.807) is 12.1 Å². The Balaban J connectivity index is 1.81. The molecule has 0 spiro atoms. The molecule has 1 heterocycles. The minimum absolute atomic E-state index is 0.207. The van der Waals surface area contributed by atoms with Crippen molar-refractivity contribution in [3.63, 3.8) is 0 Å². The molecule has 4 N–H and O–H groups in total. The average molecular weight is 278 g/mol. The molecule has 0 atom stereocenters. The van der Waals surface area contributed by atoms with Crippen molar-refractivity contribution in [3.8, 4) is 0 Å². The van der Waals surface area contributed by atoms with Crippen LogP contribution in [0.3, 0.4) is 0 Å². The Labute approximate surface area is 121 Å². The van der Waals surface area contributed by atoms with Crippen LogP contribution in [0.5, 0.6) is 0 Å². The molecule has 3 aromatic rings. The number of rotatable bonds is 3. The third-order valence-corrected chi connectivity index (χ3v) is 3.18. The minimum atomic E-state index is -0.207. The van der Waals surface area contributed by atoms with Gasteiger partial charge in [0, 0.05) is 11.9 Å². The zero-order chi connectivity index (χ0) is 14.7. The van der Waals surface area contributed by atoms with E-state index in [0.717, 1.165) is 16.5 Å². The molecule has 0 bridgehead atoms. The highest BCUT2D eigenvalue weighted by atomic mass is 16.1. The molecule has 1 amide bonds. The number of nitrogens with zero attached hydrogens (tertiary/aromatic N) is 1. The van der Waals surface area contributed by atoms with E-state index in [9.17, 15) is 4.79 Å². The van der Waals surface area contributed by atoms with Crippen LogP contribution in [0.15, 0.2) is 60.8 Å². The number of pyridine rings is 1. The molecular formula is C16H14N4O. The van der Waals surface area contributed by atoms with Crippen LogP contribution >= 0.6 is 0 Å². The molecule has 2 aromatic carbocycles. The number of hydrogen-bond donors (Lipinski definition) is 3. The van der Waals surface area contributed by atoms with Crippen LogP contribution in [0.1, 0.15) is 10.4 Å². The fourth-order valence-electron chi connectivity index (χ4n) is 2.08. The lowest BCUT2D eigenvalue weighted by molar-refractivity contribution is 0.102. The summed E-state index contributed by atoms with van der Waals surface area (Å²) in [5.74, 6) is 5.54. The Hall–Kier alpha value is -2.92. The summed E-state index contributed by atoms with van der Waals surface area (Å²) < 4.78 is 0. The van der Waals surface area contributed by atoms with Crippen molar-refractivity contribution >= 4 is 28.2 Å². The minimum Gasteiger partial charge on any atom is -0.322 e. The van der Waals surface area contributed by atoms with Gasteiger partial charge in [0.25, 0.3) is 5.91 Å². The topological polar surface area (TPSA) is 80.0 Å². The van der Waals surface area contributed by atoms with Gasteiger partial charge in [0.15, 0.2) is 0 Å². The van der Waals surface area contributed by atoms with Crippen LogP contribution in [-0.4, -0.2) is 10.9 Å². The van der Waals surface area contributed by atoms with Crippen molar-refractivity contribution in [2.75, 3.05) is 10.7 Å². The van der Waals surface area contributed by atoms with Gasteiger partial charge < -0.3 is 10.7 Å². The number of aromatic nitrogens is 1. The maximum atomic E-state index is 12.1. The third kappa shape index (κ3) is 2.82. The van der Waals surface area contributed by atoms with Crippen LogP contribution in [0, 0.1) is 0 Å². The second-order valence-electron chi connectivity index (χ2n) is 4.59. The molecule has 0 aliphatic rings. The van der Waals surface area contributed by atoms with E-state index < -0.39 is 0 Å². The highest BCUT2D eigenvalue weighted by Crippen LogP contribution is 2.19. The number of hydrogen-bond acceptors (Lipinski definition) is 4. The van der Waals surface area contributed by atoms with Gasteiger partial charge in [0.05, 0.1) is 5.56 Å². The fraction of sp³-hybridized carbons (Fsp3) is 0. The van der Waals surface area contributed by atoms with Crippen molar-refractivity contribution in [1.29, 1.82) is 0 Å². The molecule has 0 fully saturated rings. The number of nitrogen functional groups attached to an aromatic ring is 1. The SMILES string of the molecule is NNc1ccc(C(=O)Nc2ccc3ccccc3c2)cn1. The van der Waals surface area contributed by atoms with Gasteiger partial charge in [0.2, 0.25) is 0 Å². The standard InChI is InChI=1S/C16H14N4O/c17-20-15-8-6-13(10-18-15)16(21)19-14-7-5-11-3-1-2-4-12(11)9-14/h1-10H,17H2,(H,18,20)(H,19,21). The highest BCUT2D eigenvalue weighted by Gasteiger charge is 2.07. The van der Waals surface area contributed by atoms with Crippen LogP contribution < -0.4 is 16.6 Å². The van der Waals surface area contributed by atoms with Gasteiger partial charge in [-0.05, 0) is 35.0 Å². The highest BCUT2D eigenvalue weighted by molar-refractivity contribution is 6.05. The molecule has 0 saturated carbocycles. The summed E-state index contributed by atoms with van der Waals surface area (Å²) in [4.78, 5) is 16.2. The van der Waals surface area contributed by atoms with E-state index in [2.05, 4.69) is 15.7 Å².